The second-order valence-electron chi connectivity index (χ2n) is 6.00. The average molecular weight is 332 g/mol. The average Bonchev–Trinajstić information content (AvgIpc) is 2.56. The molecule has 0 N–H and O–H groups in total. The van der Waals surface area contributed by atoms with E-state index in [0.717, 1.165) is 37.0 Å². The molecule has 124 valence electrons. The minimum atomic E-state index is -0.0491. The third-order valence-corrected chi connectivity index (χ3v) is 4.97. The number of amides is 1. The molecule has 1 aromatic heterocycles. The van der Waals surface area contributed by atoms with Crippen molar-refractivity contribution < 1.29 is 4.79 Å². The van der Waals surface area contributed by atoms with Gasteiger partial charge >= 0.3 is 0 Å². The molecule has 0 bridgehead atoms. The highest BCUT2D eigenvalue weighted by Crippen LogP contribution is 2.17. The molecule has 0 spiro atoms. The number of piperazine rings is 1. The number of carbonyl (C=O) groups is 1. The maximum absolute atomic E-state index is 12.3. The van der Waals surface area contributed by atoms with Crippen molar-refractivity contribution >= 4 is 17.7 Å². The Kier molecular flexibility index (Phi) is 6.87. The Morgan fingerprint density at radius 2 is 2.09 bits per heavy atom. The van der Waals surface area contributed by atoms with Gasteiger partial charge in [-0.1, -0.05) is 19.9 Å². The van der Waals surface area contributed by atoms with Crippen molar-refractivity contribution in [1.82, 2.24) is 14.8 Å². The molecule has 1 fully saturated rings. The number of nitrogens with zero attached hydrogens (tertiary/aromatic N) is 4. The van der Waals surface area contributed by atoms with Crippen LogP contribution in [0.15, 0.2) is 29.4 Å². The number of pyridine rings is 1. The van der Waals surface area contributed by atoms with E-state index >= 15 is 0 Å². The second kappa shape index (κ2) is 8.90. The fourth-order valence-corrected chi connectivity index (χ4v) is 3.53. The SMILES string of the molecule is CC(C)[C@@H](C#N)N1CCN(C(=O)CCSc2ccccn2)CC1. The van der Waals surface area contributed by atoms with Gasteiger partial charge < -0.3 is 4.90 Å². The Labute approximate surface area is 142 Å². The van der Waals surface area contributed by atoms with Crippen LogP contribution in [0.1, 0.15) is 20.3 Å². The first-order chi connectivity index (χ1) is 11.1. The van der Waals surface area contributed by atoms with E-state index < -0.39 is 0 Å². The van der Waals surface area contributed by atoms with Gasteiger partial charge in [0, 0.05) is 44.5 Å². The summed E-state index contributed by atoms with van der Waals surface area (Å²) in [6.07, 6.45) is 2.30. The van der Waals surface area contributed by atoms with Gasteiger partial charge in [-0.2, -0.15) is 5.26 Å². The first-order valence-electron chi connectivity index (χ1n) is 8.07. The van der Waals surface area contributed by atoms with E-state index in [1.165, 1.54) is 0 Å². The number of carbonyl (C=O) groups excluding carboxylic acids is 1. The number of thioether (sulfide) groups is 1. The van der Waals surface area contributed by atoms with Gasteiger partial charge in [0.1, 0.15) is 6.04 Å². The van der Waals surface area contributed by atoms with E-state index in [1.807, 2.05) is 23.1 Å². The predicted molar refractivity (Wildman–Crippen MR) is 92.0 cm³/mol. The summed E-state index contributed by atoms with van der Waals surface area (Å²) in [4.78, 5) is 20.6. The quantitative estimate of drug-likeness (QED) is 0.748. The lowest BCUT2D eigenvalue weighted by atomic mass is 10.0. The van der Waals surface area contributed by atoms with Crippen LogP contribution in [0.25, 0.3) is 0 Å². The van der Waals surface area contributed by atoms with Crippen molar-refractivity contribution in [1.29, 1.82) is 5.26 Å². The molecule has 1 saturated heterocycles. The van der Waals surface area contributed by atoms with Crippen LogP contribution in [0.4, 0.5) is 0 Å². The molecule has 23 heavy (non-hydrogen) atoms. The van der Waals surface area contributed by atoms with Crippen molar-refractivity contribution in [2.75, 3.05) is 31.9 Å². The maximum Gasteiger partial charge on any atom is 0.223 e. The minimum absolute atomic E-state index is 0.0491. The molecule has 1 aliphatic rings. The largest absolute Gasteiger partial charge is 0.340 e. The van der Waals surface area contributed by atoms with Gasteiger partial charge in [0.15, 0.2) is 0 Å². The third kappa shape index (κ3) is 5.22. The molecule has 1 aliphatic heterocycles. The van der Waals surface area contributed by atoms with Gasteiger partial charge in [-0.3, -0.25) is 9.69 Å². The van der Waals surface area contributed by atoms with Crippen LogP contribution in [0.2, 0.25) is 0 Å². The minimum Gasteiger partial charge on any atom is -0.340 e. The highest BCUT2D eigenvalue weighted by Gasteiger charge is 2.27. The summed E-state index contributed by atoms with van der Waals surface area (Å²) in [7, 11) is 0. The summed E-state index contributed by atoms with van der Waals surface area (Å²) in [5.41, 5.74) is 0. The Bertz CT molecular complexity index is 535. The summed E-state index contributed by atoms with van der Waals surface area (Å²) in [6.45, 7) is 7.15. The van der Waals surface area contributed by atoms with E-state index in [1.54, 1.807) is 18.0 Å². The van der Waals surface area contributed by atoms with Gasteiger partial charge in [-0.15, -0.1) is 11.8 Å². The van der Waals surface area contributed by atoms with Gasteiger partial charge in [0.25, 0.3) is 0 Å². The Morgan fingerprint density at radius 3 is 2.65 bits per heavy atom. The second-order valence-corrected chi connectivity index (χ2v) is 7.12. The van der Waals surface area contributed by atoms with Crippen LogP contribution in [0.3, 0.4) is 0 Å². The van der Waals surface area contributed by atoms with Crippen molar-refractivity contribution in [3.63, 3.8) is 0 Å². The number of hydrogen-bond donors (Lipinski definition) is 0. The van der Waals surface area contributed by atoms with E-state index in [0.29, 0.717) is 12.3 Å². The molecular weight excluding hydrogens is 308 g/mol. The lowest BCUT2D eigenvalue weighted by molar-refractivity contribution is -0.132. The predicted octanol–water partition coefficient (Wildman–Crippen LogP) is 2.26. The van der Waals surface area contributed by atoms with Crippen LogP contribution in [-0.2, 0) is 4.79 Å². The normalized spacial score (nSPS) is 17.0. The summed E-state index contributed by atoms with van der Waals surface area (Å²) in [5.74, 6) is 1.27. The fourth-order valence-electron chi connectivity index (χ4n) is 2.74. The Hall–Kier alpha value is -1.58. The zero-order chi connectivity index (χ0) is 16.7. The number of rotatable bonds is 6. The number of hydrogen-bond acceptors (Lipinski definition) is 5. The molecule has 5 nitrogen and oxygen atoms in total. The molecule has 0 saturated carbocycles. The molecule has 0 radical (unpaired) electrons. The van der Waals surface area contributed by atoms with Crippen LogP contribution in [0.5, 0.6) is 0 Å². The molecule has 2 rings (SSSR count). The first kappa shape index (κ1) is 17.8. The van der Waals surface area contributed by atoms with Gasteiger partial charge in [0.05, 0.1) is 11.1 Å². The molecule has 1 amide bonds. The van der Waals surface area contributed by atoms with E-state index in [2.05, 4.69) is 29.8 Å². The molecule has 0 aromatic carbocycles. The smallest absolute Gasteiger partial charge is 0.223 e. The van der Waals surface area contributed by atoms with Gasteiger partial charge in [-0.25, -0.2) is 4.98 Å². The van der Waals surface area contributed by atoms with Crippen LogP contribution < -0.4 is 0 Å². The van der Waals surface area contributed by atoms with E-state index in [9.17, 15) is 10.1 Å². The molecule has 1 atom stereocenters. The summed E-state index contributed by atoms with van der Waals surface area (Å²) < 4.78 is 0. The summed E-state index contributed by atoms with van der Waals surface area (Å²) >= 11 is 1.61. The lowest BCUT2D eigenvalue weighted by Gasteiger charge is -2.38. The highest BCUT2D eigenvalue weighted by molar-refractivity contribution is 7.99. The van der Waals surface area contributed by atoms with Crippen LogP contribution >= 0.6 is 11.8 Å². The zero-order valence-corrected chi connectivity index (χ0v) is 14.6. The summed E-state index contributed by atoms with van der Waals surface area (Å²) in [5, 5.41) is 10.2. The monoisotopic (exact) mass is 332 g/mol. The highest BCUT2D eigenvalue weighted by atomic mass is 32.2. The van der Waals surface area contributed by atoms with Crippen molar-refractivity contribution in [3.8, 4) is 6.07 Å². The van der Waals surface area contributed by atoms with Gasteiger partial charge in [0.2, 0.25) is 5.91 Å². The Balaban J connectivity index is 1.72. The maximum atomic E-state index is 12.3. The zero-order valence-electron chi connectivity index (χ0n) is 13.8. The van der Waals surface area contributed by atoms with Gasteiger partial charge in [-0.05, 0) is 18.1 Å². The molecule has 2 heterocycles. The van der Waals surface area contributed by atoms with Crippen molar-refractivity contribution in [3.05, 3.63) is 24.4 Å². The number of aromatic nitrogens is 1. The van der Waals surface area contributed by atoms with E-state index in [4.69, 9.17) is 0 Å². The molecule has 6 heteroatoms. The van der Waals surface area contributed by atoms with Crippen molar-refractivity contribution in [2.45, 2.75) is 31.3 Å². The van der Waals surface area contributed by atoms with E-state index in [-0.39, 0.29) is 11.9 Å². The van der Waals surface area contributed by atoms with Crippen LogP contribution in [-0.4, -0.2) is 58.7 Å². The third-order valence-electron chi connectivity index (χ3n) is 4.03. The molecule has 0 unspecified atom stereocenters. The standard InChI is InChI=1S/C17H24N4OS/c1-14(2)15(13-18)20-8-10-21(11-9-20)17(22)6-12-23-16-5-3-4-7-19-16/h3-5,7,14-15H,6,8-12H2,1-2H3/t15-/m1/s1. The first-order valence-corrected chi connectivity index (χ1v) is 9.05. The fraction of sp³-hybridized carbons (Fsp3) is 0.588. The molecular formula is C17H24N4OS. The summed E-state index contributed by atoms with van der Waals surface area (Å²) in [6, 6.07) is 8.14. The topological polar surface area (TPSA) is 60.2 Å². The molecule has 1 aromatic rings. The Morgan fingerprint density at radius 1 is 1.35 bits per heavy atom. The van der Waals surface area contributed by atoms with Crippen molar-refractivity contribution in [2.24, 2.45) is 5.92 Å². The molecule has 0 aliphatic carbocycles. The van der Waals surface area contributed by atoms with Crippen LogP contribution in [0, 0.1) is 17.2 Å². The lowest BCUT2D eigenvalue weighted by Crippen LogP contribution is -2.52. The number of nitriles is 1.